The molecule has 0 saturated carbocycles. The van der Waals surface area contributed by atoms with Gasteiger partial charge < -0.3 is 5.32 Å². The third kappa shape index (κ3) is 3.91. The van der Waals surface area contributed by atoms with Crippen LogP contribution in [0, 0.1) is 13.8 Å². The van der Waals surface area contributed by atoms with E-state index in [0.29, 0.717) is 11.6 Å². The summed E-state index contributed by atoms with van der Waals surface area (Å²) in [5.74, 6) is 0.813. The molecule has 0 spiro atoms. The minimum Gasteiger partial charge on any atom is -0.309 e. The first-order chi connectivity index (χ1) is 14.0. The molecular formula is C21H21N7O. The van der Waals surface area contributed by atoms with Crippen molar-refractivity contribution >= 4 is 11.7 Å². The van der Waals surface area contributed by atoms with Gasteiger partial charge in [-0.05, 0) is 38.1 Å². The zero-order valence-corrected chi connectivity index (χ0v) is 16.4. The van der Waals surface area contributed by atoms with Crippen molar-refractivity contribution in [2.45, 2.75) is 26.8 Å². The van der Waals surface area contributed by atoms with Crippen LogP contribution in [0.25, 0.3) is 17.1 Å². The van der Waals surface area contributed by atoms with Crippen LogP contribution >= 0.6 is 0 Å². The number of carbonyl (C=O) groups is 1. The van der Waals surface area contributed by atoms with Gasteiger partial charge in [0, 0.05) is 11.6 Å². The van der Waals surface area contributed by atoms with Crippen molar-refractivity contribution in [3.05, 3.63) is 71.9 Å². The number of benzene rings is 2. The topological polar surface area (TPSA) is 90.5 Å². The predicted octanol–water partition coefficient (Wildman–Crippen LogP) is 3.34. The van der Waals surface area contributed by atoms with Gasteiger partial charge >= 0.3 is 0 Å². The van der Waals surface area contributed by atoms with Gasteiger partial charge in [-0.2, -0.15) is 9.90 Å². The number of hydrogen-bond acceptors (Lipinski definition) is 5. The average molecular weight is 387 g/mol. The van der Waals surface area contributed by atoms with E-state index in [1.165, 1.54) is 4.80 Å². The summed E-state index contributed by atoms with van der Waals surface area (Å²) in [6, 6.07) is 18.7. The molecule has 0 fully saturated rings. The number of nitrogens with zero attached hydrogens (tertiary/aromatic N) is 6. The second-order valence-corrected chi connectivity index (χ2v) is 6.88. The number of carbonyl (C=O) groups excluding carboxylic acids is 1. The van der Waals surface area contributed by atoms with E-state index in [4.69, 9.17) is 0 Å². The van der Waals surface area contributed by atoms with Gasteiger partial charge in [0.2, 0.25) is 5.82 Å². The molecule has 2 aromatic heterocycles. The Hall–Kier alpha value is -3.81. The van der Waals surface area contributed by atoms with E-state index in [-0.39, 0.29) is 5.91 Å². The minimum absolute atomic E-state index is 0.254. The van der Waals surface area contributed by atoms with Gasteiger partial charge in [0.1, 0.15) is 11.9 Å². The highest BCUT2D eigenvalue weighted by Gasteiger charge is 2.21. The molecule has 0 aliphatic carbocycles. The van der Waals surface area contributed by atoms with Gasteiger partial charge in [-0.25, -0.2) is 4.68 Å². The fraction of sp³-hybridized carbons (Fsp3) is 0.190. The molecule has 8 heteroatoms. The summed E-state index contributed by atoms with van der Waals surface area (Å²) in [5.41, 5.74) is 3.68. The maximum atomic E-state index is 12.8. The van der Waals surface area contributed by atoms with Crippen molar-refractivity contribution in [1.29, 1.82) is 0 Å². The number of aromatic nitrogens is 6. The zero-order chi connectivity index (χ0) is 20.4. The summed E-state index contributed by atoms with van der Waals surface area (Å²) in [7, 11) is 0. The van der Waals surface area contributed by atoms with Crippen LogP contribution in [0.2, 0.25) is 0 Å². The standard InChI is InChI=1S/C21H21N7O/c1-14-9-11-18(12-10-14)27-19(13-15(2)24-27)22-21(29)16(3)28-25-20(23-26-28)17-7-5-4-6-8-17/h4-13,16H,1-3H3,(H,22,29). The first-order valence-corrected chi connectivity index (χ1v) is 9.31. The Morgan fingerprint density at radius 2 is 1.72 bits per heavy atom. The fourth-order valence-electron chi connectivity index (χ4n) is 2.90. The number of rotatable bonds is 5. The van der Waals surface area contributed by atoms with Crippen LogP contribution in [0.4, 0.5) is 5.82 Å². The van der Waals surface area contributed by atoms with Crippen molar-refractivity contribution in [2.75, 3.05) is 5.32 Å². The van der Waals surface area contributed by atoms with Crippen LogP contribution in [-0.4, -0.2) is 35.9 Å². The molecule has 0 bridgehead atoms. The molecule has 0 saturated heterocycles. The first-order valence-electron chi connectivity index (χ1n) is 9.31. The highest BCUT2D eigenvalue weighted by molar-refractivity contribution is 5.92. The van der Waals surface area contributed by atoms with Gasteiger partial charge in [-0.3, -0.25) is 4.79 Å². The maximum Gasteiger partial charge on any atom is 0.252 e. The molecular weight excluding hydrogens is 366 g/mol. The molecule has 1 unspecified atom stereocenters. The Bertz CT molecular complexity index is 1130. The monoisotopic (exact) mass is 387 g/mol. The van der Waals surface area contributed by atoms with E-state index < -0.39 is 6.04 Å². The summed E-state index contributed by atoms with van der Waals surface area (Å²) in [5, 5.41) is 19.9. The molecule has 2 heterocycles. The molecule has 146 valence electrons. The lowest BCUT2D eigenvalue weighted by molar-refractivity contribution is -0.119. The second kappa shape index (κ2) is 7.67. The van der Waals surface area contributed by atoms with E-state index in [9.17, 15) is 4.79 Å². The normalized spacial score (nSPS) is 12.0. The SMILES string of the molecule is Cc1ccc(-n2nc(C)cc2NC(=O)C(C)n2nnc(-c3ccccc3)n2)cc1. The van der Waals surface area contributed by atoms with Crippen LogP contribution in [-0.2, 0) is 4.79 Å². The Kier molecular flexibility index (Phi) is 4.90. The minimum atomic E-state index is -0.637. The molecule has 0 aliphatic heterocycles. The Balaban J connectivity index is 1.54. The quantitative estimate of drug-likeness (QED) is 0.567. The third-order valence-corrected chi connectivity index (χ3v) is 4.55. The second-order valence-electron chi connectivity index (χ2n) is 6.88. The molecule has 1 atom stereocenters. The molecule has 8 nitrogen and oxygen atoms in total. The summed E-state index contributed by atoms with van der Waals surface area (Å²) < 4.78 is 1.71. The molecule has 2 aromatic carbocycles. The molecule has 4 aromatic rings. The number of anilines is 1. The highest BCUT2D eigenvalue weighted by Crippen LogP contribution is 2.19. The van der Waals surface area contributed by atoms with E-state index in [0.717, 1.165) is 22.5 Å². The van der Waals surface area contributed by atoms with Crippen molar-refractivity contribution < 1.29 is 4.79 Å². The molecule has 29 heavy (non-hydrogen) atoms. The van der Waals surface area contributed by atoms with Crippen LogP contribution < -0.4 is 5.32 Å². The molecule has 4 rings (SSSR count). The van der Waals surface area contributed by atoms with Crippen molar-refractivity contribution in [1.82, 2.24) is 30.0 Å². The summed E-state index contributed by atoms with van der Waals surface area (Å²) >= 11 is 0. The van der Waals surface area contributed by atoms with Gasteiger partial charge in [0.05, 0.1) is 11.4 Å². The number of tetrazole rings is 1. The Morgan fingerprint density at radius 3 is 2.45 bits per heavy atom. The predicted molar refractivity (Wildman–Crippen MR) is 110 cm³/mol. The van der Waals surface area contributed by atoms with E-state index >= 15 is 0 Å². The van der Waals surface area contributed by atoms with Crippen LogP contribution in [0.15, 0.2) is 60.7 Å². The zero-order valence-electron chi connectivity index (χ0n) is 16.4. The van der Waals surface area contributed by atoms with Crippen LogP contribution in [0.5, 0.6) is 0 Å². The van der Waals surface area contributed by atoms with Crippen molar-refractivity contribution in [2.24, 2.45) is 0 Å². The fourth-order valence-corrected chi connectivity index (χ4v) is 2.90. The Morgan fingerprint density at radius 1 is 1.00 bits per heavy atom. The number of aryl methyl sites for hydroxylation is 2. The average Bonchev–Trinajstić information content (AvgIpc) is 3.36. The lowest BCUT2D eigenvalue weighted by Gasteiger charge is -2.12. The smallest absolute Gasteiger partial charge is 0.252 e. The summed E-state index contributed by atoms with van der Waals surface area (Å²) in [6.07, 6.45) is 0. The number of hydrogen-bond donors (Lipinski definition) is 1. The van der Waals surface area contributed by atoms with E-state index in [1.807, 2.05) is 74.5 Å². The van der Waals surface area contributed by atoms with Crippen LogP contribution in [0.1, 0.15) is 24.2 Å². The molecule has 1 amide bonds. The van der Waals surface area contributed by atoms with Gasteiger partial charge in [0.25, 0.3) is 5.91 Å². The van der Waals surface area contributed by atoms with Gasteiger partial charge in [0.15, 0.2) is 0 Å². The Labute approximate surface area is 168 Å². The van der Waals surface area contributed by atoms with E-state index in [1.54, 1.807) is 11.6 Å². The van der Waals surface area contributed by atoms with Crippen molar-refractivity contribution in [3.8, 4) is 17.1 Å². The summed E-state index contributed by atoms with van der Waals surface area (Å²) in [6.45, 7) is 5.64. The lowest BCUT2D eigenvalue weighted by atomic mass is 10.2. The van der Waals surface area contributed by atoms with Crippen LogP contribution in [0.3, 0.4) is 0 Å². The largest absolute Gasteiger partial charge is 0.309 e. The maximum absolute atomic E-state index is 12.8. The molecule has 1 N–H and O–H groups in total. The molecule has 0 aliphatic rings. The summed E-state index contributed by atoms with van der Waals surface area (Å²) in [4.78, 5) is 14.1. The first kappa shape index (κ1) is 18.5. The van der Waals surface area contributed by atoms with Crippen molar-refractivity contribution in [3.63, 3.8) is 0 Å². The number of nitrogens with one attached hydrogen (secondary N) is 1. The van der Waals surface area contributed by atoms with E-state index in [2.05, 4.69) is 25.8 Å². The molecule has 0 radical (unpaired) electrons. The van der Waals surface area contributed by atoms with Gasteiger partial charge in [-0.1, -0.05) is 48.0 Å². The lowest BCUT2D eigenvalue weighted by Crippen LogP contribution is -2.26. The van der Waals surface area contributed by atoms with Gasteiger partial charge in [-0.15, -0.1) is 10.2 Å². The number of amides is 1. The third-order valence-electron chi connectivity index (χ3n) is 4.55. The highest BCUT2D eigenvalue weighted by atomic mass is 16.2.